The van der Waals surface area contributed by atoms with Crippen molar-refractivity contribution in [3.8, 4) is 0 Å². The number of benzene rings is 1. The van der Waals surface area contributed by atoms with E-state index in [0.29, 0.717) is 6.54 Å². The van der Waals surface area contributed by atoms with Crippen LogP contribution in [0, 0.1) is 6.92 Å². The zero-order valence-electron chi connectivity index (χ0n) is 14.0. The molecule has 0 spiro atoms. The molecule has 1 atom stereocenters. The summed E-state index contributed by atoms with van der Waals surface area (Å²) in [6.07, 6.45) is 3.39. The Kier molecular flexibility index (Phi) is 4.48. The molecule has 3 rings (SSSR count). The predicted octanol–water partition coefficient (Wildman–Crippen LogP) is 2.67. The van der Waals surface area contributed by atoms with Crippen LogP contribution >= 0.6 is 0 Å². The van der Waals surface area contributed by atoms with Crippen molar-refractivity contribution in [2.75, 3.05) is 12.4 Å². The Labute approximate surface area is 137 Å². The van der Waals surface area contributed by atoms with Gasteiger partial charge in [-0.2, -0.15) is 5.10 Å². The van der Waals surface area contributed by atoms with Crippen LogP contribution in [0.15, 0.2) is 24.3 Å². The minimum absolute atomic E-state index is 0.00832. The average molecular weight is 312 g/mol. The fourth-order valence-corrected chi connectivity index (χ4v) is 3.04. The molecule has 1 unspecified atom stereocenters. The summed E-state index contributed by atoms with van der Waals surface area (Å²) in [6.45, 7) is 4.62. The molecule has 1 aliphatic rings. The molecule has 5 nitrogen and oxygen atoms in total. The Hall–Kier alpha value is -2.14. The molecule has 2 aromatic rings. The van der Waals surface area contributed by atoms with E-state index < -0.39 is 0 Å². The van der Waals surface area contributed by atoms with Crippen LogP contribution < -0.4 is 5.32 Å². The fourth-order valence-electron chi connectivity index (χ4n) is 3.04. The summed E-state index contributed by atoms with van der Waals surface area (Å²) in [5, 5.41) is 10.6. The lowest BCUT2D eigenvalue weighted by molar-refractivity contribution is -0.120. The summed E-state index contributed by atoms with van der Waals surface area (Å²) in [6, 6.07) is 7.61. The molecule has 1 aromatic carbocycles. The van der Waals surface area contributed by atoms with Crippen LogP contribution in [0.4, 0.5) is 5.69 Å². The van der Waals surface area contributed by atoms with Crippen molar-refractivity contribution >= 4 is 11.6 Å². The van der Waals surface area contributed by atoms with E-state index in [1.165, 1.54) is 17.7 Å². The number of aryl methyl sites for hydroxylation is 2. The first kappa shape index (κ1) is 15.7. The molecule has 0 bridgehead atoms. The summed E-state index contributed by atoms with van der Waals surface area (Å²) < 4.78 is 0. The number of para-hydroxylation sites is 1. The first-order chi connectivity index (χ1) is 11.1. The second kappa shape index (κ2) is 6.54. The van der Waals surface area contributed by atoms with Gasteiger partial charge >= 0.3 is 0 Å². The summed E-state index contributed by atoms with van der Waals surface area (Å²) in [7, 11) is 1.97. The van der Waals surface area contributed by atoms with Crippen LogP contribution in [0.25, 0.3) is 0 Å². The van der Waals surface area contributed by atoms with Crippen LogP contribution in [0.5, 0.6) is 0 Å². The summed E-state index contributed by atoms with van der Waals surface area (Å²) in [4.78, 5) is 14.5. The minimum Gasteiger partial charge on any atom is -0.324 e. The number of rotatable bonds is 5. The summed E-state index contributed by atoms with van der Waals surface area (Å²) in [5.74, 6) is 0.00832. The molecule has 1 aliphatic carbocycles. The molecule has 23 heavy (non-hydrogen) atoms. The van der Waals surface area contributed by atoms with Gasteiger partial charge in [0, 0.05) is 17.9 Å². The van der Waals surface area contributed by atoms with Crippen molar-refractivity contribution in [3.05, 3.63) is 46.8 Å². The molecular formula is C18H24N4O. The number of likely N-dealkylation sites (N-methyl/N-ethyl adjacent to an activating group) is 1. The smallest absolute Gasteiger partial charge is 0.241 e. The van der Waals surface area contributed by atoms with Crippen molar-refractivity contribution in [1.82, 2.24) is 15.1 Å². The molecule has 5 heteroatoms. The van der Waals surface area contributed by atoms with E-state index in [0.717, 1.165) is 29.8 Å². The number of nitrogens with one attached hydrogen (secondary N) is 2. The van der Waals surface area contributed by atoms with E-state index in [2.05, 4.69) is 15.5 Å². The van der Waals surface area contributed by atoms with Crippen molar-refractivity contribution in [2.24, 2.45) is 0 Å². The largest absolute Gasteiger partial charge is 0.324 e. The van der Waals surface area contributed by atoms with Gasteiger partial charge in [0.05, 0.1) is 11.7 Å². The van der Waals surface area contributed by atoms with Crippen LogP contribution in [0.2, 0.25) is 0 Å². The third-order valence-corrected chi connectivity index (χ3v) is 4.73. The minimum atomic E-state index is -0.219. The maximum Gasteiger partial charge on any atom is 0.241 e. The second-order valence-electron chi connectivity index (χ2n) is 6.38. The van der Waals surface area contributed by atoms with Gasteiger partial charge in [0.1, 0.15) is 0 Å². The van der Waals surface area contributed by atoms with Gasteiger partial charge in [-0.15, -0.1) is 0 Å². The molecule has 0 saturated carbocycles. The lowest BCUT2D eigenvalue weighted by atomic mass is 10.1. The molecule has 1 amide bonds. The number of carbonyl (C=O) groups is 1. The number of carbonyl (C=O) groups excluding carboxylic acids is 1. The first-order valence-corrected chi connectivity index (χ1v) is 8.18. The van der Waals surface area contributed by atoms with E-state index >= 15 is 0 Å². The van der Waals surface area contributed by atoms with Gasteiger partial charge in [-0.25, -0.2) is 0 Å². The van der Waals surface area contributed by atoms with Crippen molar-refractivity contribution in [3.63, 3.8) is 0 Å². The standard InChI is InChI=1S/C18H24N4O/c1-12-7-4-5-9-15(12)19-18(23)13(2)22(3)11-17-14-8-6-10-16(14)20-21-17/h4-5,7,9,13H,6,8,10-11H2,1-3H3,(H,19,23)(H,20,21). The average Bonchev–Trinajstić information content (AvgIpc) is 3.13. The number of fused-ring (bicyclic) bond motifs is 1. The van der Waals surface area contributed by atoms with Crippen LogP contribution in [-0.2, 0) is 24.2 Å². The van der Waals surface area contributed by atoms with E-state index in [9.17, 15) is 4.79 Å². The van der Waals surface area contributed by atoms with Crippen LogP contribution in [-0.4, -0.2) is 34.1 Å². The van der Waals surface area contributed by atoms with E-state index in [1.54, 1.807) is 0 Å². The number of aromatic nitrogens is 2. The van der Waals surface area contributed by atoms with Crippen molar-refractivity contribution < 1.29 is 4.79 Å². The van der Waals surface area contributed by atoms with Crippen molar-refractivity contribution in [1.29, 1.82) is 0 Å². The van der Waals surface area contributed by atoms with E-state index in [4.69, 9.17) is 0 Å². The highest BCUT2D eigenvalue weighted by molar-refractivity contribution is 5.95. The van der Waals surface area contributed by atoms with Crippen LogP contribution in [0.1, 0.15) is 35.9 Å². The van der Waals surface area contributed by atoms with Gasteiger partial charge in [0.15, 0.2) is 0 Å². The molecule has 0 saturated heterocycles. The zero-order valence-corrected chi connectivity index (χ0v) is 14.0. The normalized spacial score (nSPS) is 14.8. The topological polar surface area (TPSA) is 61.0 Å². The first-order valence-electron chi connectivity index (χ1n) is 8.18. The second-order valence-corrected chi connectivity index (χ2v) is 6.38. The predicted molar refractivity (Wildman–Crippen MR) is 91.4 cm³/mol. The van der Waals surface area contributed by atoms with Gasteiger partial charge < -0.3 is 5.32 Å². The molecular weight excluding hydrogens is 288 g/mol. The number of hydrogen-bond donors (Lipinski definition) is 2. The molecule has 2 N–H and O–H groups in total. The van der Waals surface area contributed by atoms with E-state index in [-0.39, 0.29) is 11.9 Å². The SMILES string of the molecule is Cc1ccccc1NC(=O)C(C)N(C)Cc1n[nH]c2c1CCC2. The number of nitrogens with zero attached hydrogens (tertiary/aromatic N) is 2. The maximum absolute atomic E-state index is 12.5. The Balaban J connectivity index is 1.63. The Morgan fingerprint density at radius 2 is 2.17 bits per heavy atom. The molecule has 0 radical (unpaired) electrons. The Morgan fingerprint density at radius 1 is 1.39 bits per heavy atom. The highest BCUT2D eigenvalue weighted by atomic mass is 16.2. The summed E-state index contributed by atoms with van der Waals surface area (Å²) in [5.41, 5.74) is 5.64. The highest BCUT2D eigenvalue weighted by Crippen LogP contribution is 2.24. The fraction of sp³-hybridized carbons (Fsp3) is 0.444. The third-order valence-electron chi connectivity index (χ3n) is 4.73. The van der Waals surface area contributed by atoms with Gasteiger partial charge in [-0.05, 0) is 57.4 Å². The van der Waals surface area contributed by atoms with Gasteiger partial charge in [-0.3, -0.25) is 14.8 Å². The highest BCUT2D eigenvalue weighted by Gasteiger charge is 2.23. The van der Waals surface area contributed by atoms with Crippen LogP contribution in [0.3, 0.4) is 0 Å². The maximum atomic E-state index is 12.5. The number of amides is 1. The van der Waals surface area contributed by atoms with Crippen molar-refractivity contribution in [2.45, 2.75) is 45.7 Å². The van der Waals surface area contributed by atoms with Gasteiger partial charge in [0.25, 0.3) is 0 Å². The quantitative estimate of drug-likeness (QED) is 0.892. The van der Waals surface area contributed by atoms with E-state index in [1.807, 2.05) is 50.1 Å². The number of hydrogen-bond acceptors (Lipinski definition) is 3. The lowest BCUT2D eigenvalue weighted by Crippen LogP contribution is -2.39. The lowest BCUT2D eigenvalue weighted by Gasteiger charge is -2.23. The third kappa shape index (κ3) is 3.29. The molecule has 122 valence electrons. The Bertz CT molecular complexity index is 707. The monoisotopic (exact) mass is 312 g/mol. The molecule has 0 aliphatic heterocycles. The summed E-state index contributed by atoms with van der Waals surface area (Å²) >= 11 is 0. The number of H-pyrrole nitrogens is 1. The van der Waals surface area contributed by atoms with Gasteiger partial charge in [0.2, 0.25) is 5.91 Å². The van der Waals surface area contributed by atoms with Gasteiger partial charge in [-0.1, -0.05) is 18.2 Å². The number of anilines is 1. The Morgan fingerprint density at radius 3 is 2.96 bits per heavy atom. The molecule has 1 heterocycles. The molecule has 0 fully saturated rings. The zero-order chi connectivity index (χ0) is 16.4. The molecule has 1 aromatic heterocycles. The number of aromatic amines is 1.